The molecule has 122 valence electrons. The first-order valence-corrected chi connectivity index (χ1v) is 7.18. The first kappa shape index (κ1) is 17.4. The molecule has 0 aliphatic carbocycles. The Kier molecular flexibility index (Phi) is 5.38. The Balaban J connectivity index is 1.99. The smallest absolute Gasteiger partial charge is 0.375 e. The number of hydrogen-bond donors (Lipinski definition) is 2. The van der Waals surface area contributed by atoms with E-state index in [0.717, 1.165) is 12.1 Å². The van der Waals surface area contributed by atoms with Crippen LogP contribution in [0.4, 0.5) is 24.5 Å². The molecule has 2 rings (SSSR count). The van der Waals surface area contributed by atoms with Crippen LogP contribution >= 0.6 is 23.2 Å². The van der Waals surface area contributed by atoms with Crippen LogP contribution in [0, 0.1) is 0 Å². The Morgan fingerprint density at radius 3 is 2.48 bits per heavy atom. The van der Waals surface area contributed by atoms with Gasteiger partial charge in [0.05, 0.1) is 27.8 Å². The summed E-state index contributed by atoms with van der Waals surface area (Å²) in [5.74, 6) is -0.514. The molecule has 0 atom stereocenters. The zero-order valence-electron chi connectivity index (χ0n) is 11.5. The lowest BCUT2D eigenvalue weighted by Gasteiger charge is -2.11. The molecule has 0 unspecified atom stereocenters. The van der Waals surface area contributed by atoms with E-state index in [4.69, 9.17) is 23.2 Å². The zero-order chi connectivity index (χ0) is 17.0. The van der Waals surface area contributed by atoms with Gasteiger partial charge in [-0.25, -0.2) is 0 Å². The fourth-order valence-electron chi connectivity index (χ4n) is 1.79. The minimum Gasteiger partial charge on any atom is -0.375 e. The number of carbonyl (C=O) groups is 1. The van der Waals surface area contributed by atoms with Gasteiger partial charge in [-0.15, -0.1) is 0 Å². The molecule has 0 heterocycles. The largest absolute Gasteiger partial charge is 0.416 e. The predicted octanol–water partition coefficient (Wildman–Crippen LogP) is 5.06. The molecular formula is C15H11Cl2F3N2O. The van der Waals surface area contributed by atoms with Gasteiger partial charge < -0.3 is 10.6 Å². The number of hydrogen-bond acceptors (Lipinski definition) is 2. The second-order valence-electron chi connectivity index (χ2n) is 4.58. The van der Waals surface area contributed by atoms with E-state index in [1.807, 2.05) is 0 Å². The van der Waals surface area contributed by atoms with Gasteiger partial charge in [-0.3, -0.25) is 4.79 Å². The molecule has 23 heavy (non-hydrogen) atoms. The maximum absolute atomic E-state index is 12.6. The fraction of sp³-hybridized carbons (Fsp3) is 0.133. The molecule has 0 aliphatic rings. The van der Waals surface area contributed by atoms with E-state index in [9.17, 15) is 18.0 Å². The number of amides is 1. The van der Waals surface area contributed by atoms with E-state index in [1.165, 1.54) is 12.1 Å². The minimum atomic E-state index is -4.46. The highest BCUT2D eigenvalue weighted by molar-refractivity contribution is 6.43. The standard InChI is InChI=1S/C15H11Cl2F3N2O/c16-11-5-2-6-12(14(11)17)21-8-13(23)22-10-4-1-3-9(7-10)15(18,19)20/h1-7,21H,8H2,(H,22,23). The van der Waals surface area contributed by atoms with E-state index in [1.54, 1.807) is 18.2 Å². The molecular weight excluding hydrogens is 352 g/mol. The van der Waals surface area contributed by atoms with Crippen LogP contribution in [-0.4, -0.2) is 12.5 Å². The molecule has 2 aromatic rings. The van der Waals surface area contributed by atoms with Crippen molar-refractivity contribution in [3.63, 3.8) is 0 Å². The van der Waals surface area contributed by atoms with Crippen LogP contribution in [0.5, 0.6) is 0 Å². The van der Waals surface area contributed by atoms with E-state index in [0.29, 0.717) is 10.7 Å². The zero-order valence-corrected chi connectivity index (χ0v) is 13.1. The van der Waals surface area contributed by atoms with Crippen molar-refractivity contribution in [3.05, 3.63) is 58.1 Å². The third-order valence-electron chi connectivity index (χ3n) is 2.86. The summed E-state index contributed by atoms with van der Waals surface area (Å²) in [6.45, 7) is -0.170. The van der Waals surface area contributed by atoms with Gasteiger partial charge in [0.25, 0.3) is 0 Å². The van der Waals surface area contributed by atoms with Crippen LogP contribution in [-0.2, 0) is 11.0 Å². The summed E-state index contributed by atoms with van der Waals surface area (Å²) in [5.41, 5.74) is -0.316. The molecule has 0 bridgehead atoms. The van der Waals surface area contributed by atoms with Crippen LogP contribution in [0.25, 0.3) is 0 Å². The molecule has 0 spiro atoms. The molecule has 0 aliphatic heterocycles. The second kappa shape index (κ2) is 7.10. The van der Waals surface area contributed by atoms with E-state index < -0.39 is 17.6 Å². The van der Waals surface area contributed by atoms with Crippen molar-refractivity contribution in [3.8, 4) is 0 Å². The van der Waals surface area contributed by atoms with Crippen molar-refractivity contribution in [2.24, 2.45) is 0 Å². The molecule has 0 aromatic heterocycles. The number of halogens is 5. The second-order valence-corrected chi connectivity index (χ2v) is 5.37. The predicted molar refractivity (Wildman–Crippen MR) is 85.0 cm³/mol. The van der Waals surface area contributed by atoms with Crippen LogP contribution in [0.15, 0.2) is 42.5 Å². The van der Waals surface area contributed by atoms with Crippen LogP contribution in [0.2, 0.25) is 10.0 Å². The number of rotatable bonds is 4. The summed E-state index contributed by atoms with van der Waals surface area (Å²) < 4.78 is 37.8. The van der Waals surface area contributed by atoms with Crippen molar-refractivity contribution in [2.75, 3.05) is 17.2 Å². The fourth-order valence-corrected chi connectivity index (χ4v) is 2.16. The van der Waals surface area contributed by atoms with Gasteiger partial charge in [-0.05, 0) is 30.3 Å². The van der Waals surface area contributed by atoms with Crippen molar-refractivity contribution in [1.29, 1.82) is 0 Å². The average Bonchev–Trinajstić information content (AvgIpc) is 2.48. The van der Waals surface area contributed by atoms with E-state index >= 15 is 0 Å². The Morgan fingerprint density at radius 2 is 1.78 bits per heavy atom. The summed E-state index contributed by atoms with van der Waals surface area (Å²) in [4.78, 5) is 11.8. The number of carbonyl (C=O) groups excluding carboxylic acids is 1. The molecule has 8 heteroatoms. The van der Waals surface area contributed by atoms with Crippen molar-refractivity contribution in [1.82, 2.24) is 0 Å². The molecule has 0 saturated carbocycles. The quantitative estimate of drug-likeness (QED) is 0.797. The highest BCUT2D eigenvalue weighted by Gasteiger charge is 2.30. The van der Waals surface area contributed by atoms with E-state index in [2.05, 4.69) is 10.6 Å². The summed E-state index contributed by atoms with van der Waals surface area (Å²) in [5, 5.41) is 5.74. The lowest BCUT2D eigenvalue weighted by Crippen LogP contribution is -2.22. The molecule has 3 nitrogen and oxygen atoms in total. The summed E-state index contributed by atoms with van der Waals surface area (Å²) in [6.07, 6.45) is -4.46. The normalized spacial score (nSPS) is 11.2. The molecule has 0 radical (unpaired) electrons. The first-order chi connectivity index (χ1) is 10.8. The number of anilines is 2. The average molecular weight is 363 g/mol. The third-order valence-corrected chi connectivity index (χ3v) is 3.68. The van der Waals surface area contributed by atoms with Crippen molar-refractivity contribution in [2.45, 2.75) is 6.18 Å². The van der Waals surface area contributed by atoms with Crippen LogP contribution in [0.1, 0.15) is 5.56 Å². The maximum atomic E-state index is 12.6. The van der Waals surface area contributed by atoms with Gasteiger partial charge in [0.2, 0.25) is 5.91 Å². The molecule has 1 amide bonds. The Morgan fingerprint density at radius 1 is 1.09 bits per heavy atom. The molecule has 2 aromatic carbocycles. The van der Waals surface area contributed by atoms with E-state index in [-0.39, 0.29) is 17.3 Å². The van der Waals surface area contributed by atoms with Gasteiger partial charge in [-0.2, -0.15) is 13.2 Å². The molecule has 2 N–H and O–H groups in total. The minimum absolute atomic E-state index is 0.0591. The lowest BCUT2D eigenvalue weighted by atomic mass is 10.2. The van der Waals surface area contributed by atoms with Gasteiger partial charge in [0.15, 0.2) is 0 Å². The van der Waals surface area contributed by atoms with Gasteiger partial charge in [-0.1, -0.05) is 35.3 Å². The SMILES string of the molecule is O=C(CNc1cccc(Cl)c1Cl)Nc1cccc(C(F)(F)F)c1. The van der Waals surface area contributed by atoms with Crippen LogP contribution in [0.3, 0.4) is 0 Å². The third kappa shape index (κ3) is 4.77. The van der Waals surface area contributed by atoms with Crippen LogP contribution < -0.4 is 10.6 Å². The van der Waals surface area contributed by atoms with Crippen molar-refractivity contribution >= 4 is 40.5 Å². The van der Waals surface area contributed by atoms with Gasteiger partial charge in [0, 0.05) is 5.69 Å². The number of benzene rings is 2. The maximum Gasteiger partial charge on any atom is 0.416 e. The Labute approximate surface area is 140 Å². The lowest BCUT2D eigenvalue weighted by molar-refractivity contribution is -0.137. The molecule has 0 fully saturated rings. The summed E-state index contributed by atoms with van der Waals surface area (Å²) in [7, 11) is 0. The first-order valence-electron chi connectivity index (χ1n) is 6.42. The van der Waals surface area contributed by atoms with Crippen molar-refractivity contribution < 1.29 is 18.0 Å². The van der Waals surface area contributed by atoms with Gasteiger partial charge >= 0.3 is 6.18 Å². The number of nitrogens with one attached hydrogen (secondary N) is 2. The summed E-state index contributed by atoms with van der Waals surface area (Å²) >= 11 is 11.8. The molecule has 0 saturated heterocycles. The summed E-state index contributed by atoms with van der Waals surface area (Å²) in [6, 6.07) is 9.27. The monoisotopic (exact) mass is 362 g/mol. The topological polar surface area (TPSA) is 41.1 Å². The highest BCUT2D eigenvalue weighted by atomic mass is 35.5. The number of alkyl halides is 3. The van der Waals surface area contributed by atoms with Gasteiger partial charge in [0.1, 0.15) is 0 Å². The Hall–Kier alpha value is -1.92. The Bertz CT molecular complexity index is 720. The highest BCUT2D eigenvalue weighted by Crippen LogP contribution is 2.31.